The summed E-state index contributed by atoms with van der Waals surface area (Å²) in [4.78, 5) is 11.9. The van der Waals surface area contributed by atoms with Crippen LogP contribution in [0.15, 0.2) is 18.2 Å². The number of esters is 1. The highest BCUT2D eigenvalue weighted by molar-refractivity contribution is 6.33. The van der Waals surface area contributed by atoms with Gasteiger partial charge in [0.15, 0.2) is 12.4 Å². The zero-order valence-electron chi connectivity index (χ0n) is 11.6. The molecule has 0 saturated carbocycles. The van der Waals surface area contributed by atoms with E-state index in [1.54, 1.807) is 18.5 Å². The molecule has 2 rings (SSSR count). The van der Waals surface area contributed by atoms with Gasteiger partial charge in [-0.2, -0.15) is 13.2 Å². The quantitative estimate of drug-likeness (QED) is 0.810. The molecule has 0 saturated heterocycles. The van der Waals surface area contributed by atoms with Gasteiger partial charge in [0.05, 0.1) is 16.1 Å². The Labute approximate surface area is 128 Å². The number of halogens is 4. The highest BCUT2D eigenvalue weighted by Crippen LogP contribution is 2.32. The molecular formula is C13H11ClF3N3O2. The van der Waals surface area contributed by atoms with E-state index in [2.05, 4.69) is 10.2 Å². The molecule has 0 spiro atoms. The van der Waals surface area contributed by atoms with E-state index in [0.29, 0.717) is 17.7 Å². The van der Waals surface area contributed by atoms with Gasteiger partial charge in [-0.05, 0) is 25.1 Å². The molecule has 0 amide bonds. The molecule has 1 aromatic carbocycles. The molecule has 0 N–H and O–H groups in total. The highest BCUT2D eigenvalue weighted by atomic mass is 35.5. The second-order valence-corrected chi connectivity index (χ2v) is 4.90. The third-order valence-electron chi connectivity index (χ3n) is 3.03. The maximum absolute atomic E-state index is 12.5. The van der Waals surface area contributed by atoms with Crippen LogP contribution >= 0.6 is 11.6 Å². The van der Waals surface area contributed by atoms with Crippen molar-refractivity contribution >= 4 is 17.6 Å². The van der Waals surface area contributed by atoms with Gasteiger partial charge in [0, 0.05) is 7.05 Å². The number of carbonyl (C=O) groups is 1. The summed E-state index contributed by atoms with van der Waals surface area (Å²) in [6, 6.07) is 2.44. The first-order valence-corrected chi connectivity index (χ1v) is 6.46. The topological polar surface area (TPSA) is 57.0 Å². The number of ether oxygens (including phenoxy) is 1. The van der Waals surface area contributed by atoms with E-state index in [4.69, 9.17) is 16.3 Å². The van der Waals surface area contributed by atoms with Crippen molar-refractivity contribution in [2.45, 2.75) is 19.7 Å². The van der Waals surface area contributed by atoms with E-state index in [1.165, 1.54) is 0 Å². The number of carbonyl (C=O) groups excluding carboxylic acids is 1. The van der Waals surface area contributed by atoms with E-state index < -0.39 is 17.7 Å². The summed E-state index contributed by atoms with van der Waals surface area (Å²) in [5.41, 5.74) is -1.08. The van der Waals surface area contributed by atoms with Gasteiger partial charge in [-0.3, -0.25) is 0 Å². The van der Waals surface area contributed by atoms with Crippen molar-refractivity contribution < 1.29 is 22.7 Å². The van der Waals surface area contributed by atoms with Gasteiger partial charge in [0.25, 0.3) is 0 Å². The van der Waals surface area contributed by atoms with Crippen LogP contribution in [0.3, 0.4) is 0 Å². The molecule has 0 aliphatic heterocycles. The summed E-state index contributed by atoms with van der Waals surface area (Å²) >= 11 is 5.71. The molecule has 2 aromatic rings. The Morgan fingerprint density at radius 2 is 2.05 bits per heavy atom. The van der Waals surface area contributed by atoms with Gasteiger partial charge in [-0.25, -0.2) is 4.79 Å². The van der Waals surface area contributed by atoms with Crippen LogP contribution in [0.1, 0.15) is 27.6 Å². The van der Waals surface area contributed by atoms with E-state index >= 15 is 0 Å². The van der Waals surface area contributed by atoms with Crippen molar-refractivity contribution in [2.24, 2.45) is 7.05 Å². The van der Waals surface area contributed by atoms with Gasteiger partial charge in [0.1, 0.15) is 5.82 Å². The van der Waals surface area contributed by atoms with Crippen LogP contribution in [0.25, 0.3) is 0 Å². The molecule has 0 aliphatic rings. The number of rotatable bonds is 3. The standard InChI is InChI=1S/C13H11ClF3N3O2/c1-7-18-19-11(20(7)2)6-22-12(21)9-4-3-8(5-10(9)14)13(15,16)17/h3-5H,6H2,1-2H3. The van der Waals surface area contributed by atoms with Gasteiger partial charge in [0.2, 0.25) is 0 Å². The number of benzene rings is 1. The monoisotopic (exact) mass is 333 g/mol. The normalized spacial score (nSPS) is 11.5. The predicted molar refractivity (Wildman–Crippen MR) is 71.3 cm³/mol. The minimum atomic E-state index is -4.53. The van der Waals surface area contributed by atoms with Crippen molar-refractivity contribution in [3.05, 3.63) is 46.0 Å². The summed E-state index contributed by atoms with van der Waals surface area (Å²) in [5.74, 6) is 0.215. The fourth-order valence-corrected chi connectivity index (χ4v) is 1.90. The van der Waals surface area contributed by atoms with Crippen LogP contribution in [-0.4, -0.2) is 20.7 Å². The Balaban J connectivity index is 2.11. The molecule has 0 fully saturated rings. The average Bonchev–Trinajstić information content (AvgIpc) is 2.75. The van der Waals surface area contributed by atoms with Crippen molar-refractivity contribution in [3.63, 3.8) is 0 Å². The van der Waals surface area contributed by atoms with Crippen molar-refractivity contribution in [1.82, 2.24) is 14.8 Å². The first-order chi connectivity index (χ1) is 10.2. The molecule has 0 atom stereocenters. The number of aromatic nitrogens is 3. The lowest BCUT2D eigenvalue weighted by Crippen LogP contribution is -2.11. The minimum Gasteiger partial charge on any atom is -0.454 e. The summed E-state index contributed by atoms with van der Waals surface area (Å²) in [6.07, 6.45) is -4.53. The second-order valence-electron chi connectivity index (χ2n) is 4.49. The van der Waals surface area contributed by atoms with Gasteiger partial charge in [-0.15, -0.1) is 10.2 Å². The Morgan fingerprint density at radius 3 is 2.55 bits per heavy atom. The van der Waals surface area contributed by atoms with Gasteiger partial charge >= 0.3 is 12.1 Å². The Bertz CT molecular complexity index is 713. The number of hydrogen-bond acceptors (Lipinski definition) is 4. The lowest BCUT2D eigenvalue weighted by molar-refractivity contribution is -0.137. The van der Waals surface area contributed by atoms with Gasteiger partial charge in [-0.1, -0.05) is 11.6 Å². The minimum absolute atomic E-state index is 0.145. The van der Waals surface area contributed by atoms with Crippen molar-refractivity contribution in [3.8, 4) is 0 Å². The van der Waals surface area contributed by atoms with E-state index in [0.717, 1.165) is 12.1 Å². The van der Waals surface area contributed by atoms with Crippen molar-refractivity contribution in [1.29, 1.82) is 0 Å². The Hall–Kier alpha value is -2.09. The molecule has 0 radical (unpaired) electrons. The largest absolute Gasteiger partial charge is 0.454 e. The van der Waals surface area contributed by atoms with E-state index in [1.807, 2.05) is 0 Å². The van der Waals surface area contributed by atoms with Crippen molar-refractivity contribution in [2.75, 3.05) is 0 Å². The maximum atomic E-state index is 12.5. The first kappa shape index (κ1) is 16.3. The zero-order valence-corrected chi connectivity index (χ0v) is 12.4. The van der Waals surface area contributed by atoms with E-state index in [9.17, 15) is 18.0 Å². The number of aryl methyl sites for hydroxylation is 1. The highest BCUT2D eigenvalue weighted by Gasteiger charge is 2.31. The van der Waals surface area contributed by atoms with Crippen LogP contribution in [0.5, 0.6) is 0 Å². The molecule has 1 aromatic heterocycles. The summed E-state index contributed by atoms with van der Waals surface area (Å²) in [5, 5.41) is 7.27. The van der Waals surface area contributed by atoms with Gasteiger partial charge < -0.3 is 9.30 Å². The SMILES string of the molecule is Cc1nnc(COC(=O)c2ccc(C(F)(F)F)cc2Cl)n1C. The molecule has 118 valence electrons. The molecule has 0 aliphatic carbocycles. The summed E-state index contributed by atoms with van der Waals surface area (Å²) in [6.45, 7) is 1.57. The van der Waals surface area contributed by atoms with Crippen LogP contribution in [0.2, 0.25) is 5.02 Å². The molecule has 22 heavy (non-hydrogen) atoms. The Morgan fingerprint density at radius 1 is 1.36 bits per heavy atom. The third kappa shape index (κ3) is 3.38. The third-order valence-corrected chi connectivity index (χ3v) is 3.34. The number of hydrogen-bond donors (Lipinski definition) is 0. The zero-order chi connectivity index (χ0) is 16.5. The smallest absolute Gasteiger partial charge is 0.416 e. The predicted octanol–water partition coefficient (Wildman–Crippen LogP) is 3.15. The molecular weight excluding hydrogens is 323 g/mol. The second kappa shape index (κ2) is 5.96. The van der Waals surface area contributed by atoms with Crippen LogP contribution < -0.4 is 0 Å². The first-order valence-electron chi connectivity index (χ1n) is 6.09. The van der Waals surface area contributed by atoms with E-state index in [-0.39, 0.29) is 17.2 Å². The summed E-state index contributed by atoms with van der Waals surface area (Å²) < 4.78 is 44.2. The molecule has 0 unspecified atom stereocenters. The fraction of sp³-hybridized carbons (Fsp3) is 0.308. The fourth-order valence-electron chi connectivity index (χ4n) is 1.64. The lowest BCUT2D eigenvalue weighted by atomic mass is 10.1. The summed E-state index contributed by atoms with van der Waals surface area (Å²) in [7, 11) is 1.70. The van der Waals surface area contributed by atoms with Crippen LogP contribution in [0.4, 0.5) is 13.2 Å². The van der Waals surface area contributed by atoms with Crippen LogP contribution in [-0.2, 0) is 24.6 Å². The molecule has 0 bridgehead atoms. The molecule has 1 heterocycles. The number of nitrogens with zero attached hydrogens (tertiary/aromatic N) is 3. The number of alkyl halides is 3. The Kier molecular flexibility index (Phi) is 4.41. The van der Waals surface area contributed by atoms with Crippen LogP contribution in [0, 0.1) is 6.92 Å². The maximum Gasteiger partial charge on any atom is 0.416 e. The molecule has 9 heteroatoms. The average molecular weight is 334 g/mol. The lowest BCUT2D eigenvalue weighted by Gasteiger charge is -2.10. The molecule has 5 nitrogen and oxygen atoms in total.